The van der Waals surface area contributed by atoms with Gasteiger partial charge in [0.25, 0.3) is 0 Å². The molecular formula is C16H23BrFN. The molecule has 1 saturated carbocycles. The lowest BCUT2D eigenvalue weighted by Gasteiger charge is -2.30. The van der Waals surface area contributed by atoms with Gasteiger partial charge < -0.3 is 5.32 Å². The molecule has 0 bridgehead atoms. The van der Waals surface area contributed by atoms with Crippen molar-refractivity contribution in [1.82, 2.24) is 5.32 Å². The van der Waals surface area contributed by atoms with Gasteiger partial charge in [0.2, 0.25) is 0 Å². The van der Waals surface area contributed by atoms with Crippen LogP contribution in [-0.4, -0.2) is 12.6 Å². The number of benzene rings is 1. The van der Waals surface area contributed by atoms with E-state index in [1.807, 2.05) is 6.07 Å². The molecular weight excluding hydrogens is 305 g/mol. The Bertz CT molecular complexity index is 431. The summed E-state index contributed by atoms with van der Waals surface area (Å²) in [5, 5.41) is 3.63. The largest absolute Gasteiger partial charge is 0.313 e. The number of halogens is 2. The van der Waals surface area contributed by atoms with Gasteiger partial charge in [0.1, 0.15) is 5.82 Å². The van der Waals surface area contributed by atoms with Crippen molar-refractivity contribution < 1.29 is 4.39 Å². The zero-order valence-corrected chi connectivity index (χ0v) is 13.4. The first-order valence-corrected chi connectivity index (χ1v) is 8.00. The molecule has 0 aromatic heterocycles. The van der Waals surface area contributed by atoms with E-state index in [0.29, 0.717) is 4.47 Å². The SMILES string of the molecule is CCCC(C)(CNC1CC1)Cc1cccc(F)c1Br. The van der Waals surface area contributed by atoms with Gasteiger partial charge in [0, 0.05) is 12.6 Å². The molecule has 1 fully saturated rings. The summed E-state index contributed by atoms with van der Waals surface area (Å²) in [5.74, 6) is -0.161. The summed E-state index contributed by atoms with van der Waals surface area (Å²) in [6.07, 6.45) is 5.86. The number of rotatable bonds is 7. The van der Waals surface area contributed by atoms with Crippen LogP contribution < -0.4 is 5.32 Å². The molecule has 0 saturated heterocycles. The fourth-order valence-corrected chi connectivity index (χ4v) is 3.07. The summed E-state index contributed by atoms with van der Waals surface area (Å²) >= 11 is 3.38. The zero-order valence-electron chi connectivity index (χ0n) is 11.8. The Hall–Kier alpha value is -0.410. The van der Waals surface area contributed by atoms with E-state index in [0.717, 1.165) is 37.4 Å². The first kappa shape index (κ1) is 15.0. The Morgan fingerprint density at radius 1 is 1.42 bits per heavy atom. The van der Waals surface area contributed by atoms with Gasteiger partial charge in [0.15, 0.2) is 0 Å². The molecule has 1 aromatic rings. The van der Waals surface area contributed by atoms with Crippen LogP contribution in [0.1, 0.15) is 45.1 Å². The normalized spacial score (nSPS) is 18.3. The van der Waals surface area contributed by atoms with Crippen molar-refractivity contribution in [2.45, 2.75) is 52.0 Å². The van der Waals surface area contributed by atoms with Gasteiger partial charge in [0.05, 0.1) is 4.47 Å². The molecule has 1 atom stereocenters. The highest BCUT2D eigenvalue weighted by Gasteiger charge is 2.29. The fraction of sp³-hybridized carbons (Fsp3) is 0.625. The van der Waals surface area contributed by atoms with E-state index in [9.17, 15) is 4.39 Å². The fourth-order valence-electron chi connectivity index (χ4n) is 2.67. The predicted octanol–water partition coefficient (Wildman–Crippen LogP) is 4.69. The summed E-state index contributed by atoms with van der Waals surface area (Å²) in [6.45, 7) is 5.55. The summed E-state index contributed by atoms with van der Waals surface area (Å²) in [7, 11) is 0. The summed E-state index contributed by atoms with van der Waals surface area (Å²) in [5.41, 5.74) is 1.28. The van der Waals surface area contributed by atoms with Crippen LogP contribution in [0.3, 0.4) is 0 Å². The minimum atomic E-state index is -0.161. The van der Waals surface area contributed by atoms with Crippen molar-refractivity contribution in [1.29, 1.82) is 0 Å². The van der Waals surface area contributed by atoms with E-state index in [2.05, 4.69) is 35.1 Å². The van der Waals surface area contributed by atoms with Crippen molar-refractivity contribution in [3.05, 3.63) is 34.1 Å². The lowest BCUT2D eigenvalue weighted by Crippen LogP contribution is -2.35. The molecule has 0 spiro atoms. The molecule has 1 N–H and O–H groups in total. The van der Waals surface area contributed by atoms with Crippen LogP contribution in [0.5, 0.6) is 0 Å². The molecule has 106 valence electrons. The molecule has 1 aromatic carbocycles. The lowest BCUT2D eigenvalue weighted by molar-refractivity contribution is 0.273. The van der Waals surface area contributed by atoms with Crippen LogP contribution in [-0.2, 0) is 6.42 Å². The van der Waals surface area contributed by atoms with Crippen molar-refractivity contribution in [3.63, 3.8) is 0 Å². The van der Waals surface area contributed by atoms with E-state index >= 15 is 0 Å². The van der Waals surface area contributed by atoms with Gasteiger partial charge in [-0.2, -0.15) is 0 Å². The first-order valence-electron chi connectivity index (χ1n) is 7.20. The average molecular weight is 328 g/mol. The molecule has 3 heteroatoms. The molecule has 2 rings (SSSR count). The second-order valence-corrected chi connectivity index (χ2v) is 6.90. The third-order valence-corrected chi connectivity index (χ3v) is 4.79. The second kappa shape index (κ2) is 6.36. The maximum absolute atomic E-state index is 13.6. The highest BCUT2D eigenvalue weighted by Crippen LogP contribution is 2.33. The Kier molecular flexibility index (Phi) is 5.02. The van der Waals surface area contributed by atoms with E-state index in [-0.39, 0.29) is 11.2 Å². The Morgan fingerprint density at radius 2 is 2.16 bits per heavy atom. The molecule has 0 aliphatic heterocycles. The number of hydrogen-bond donors (Lipinski definition) is 1. The summed E-state index contributed by atoms with van der Waals surface area (Å²) in [6, 6.07) is 6.06. The molecule has 0 amide bonds. The molecule has 19 heavy (non-hydrogen) atoms. The molecule has 0 heterocycles. The van der Waals surface area contributed by atoms with Crippen molar-refractivity contribution in [2.75, 3.05) is 6.54 Å². The van der Waals surface area contributed by atoms with E-state index in [1.54, 1.807) is 6.07 Å². The first-order chi connectivity index (χ1) is 9.04. The van der Waals surface area contributed by atoms with Gasteiger partial charge in [-0.3, -0.25) is 0 Å². The standard InChI is InChI=1S/C16H23BrFN/c1-3-9-16(2,11-19-13-7-8-13)10-12-5-4-6-14(18)15(12)17/h4-6,13,19H,3,7-11H2,1-2H3. The van der Waals surface area contributed by atoms with E-state index in [1.165, 1.54) is 18.9 Å². The highest BCUT2D eigenvalue weighted by atomic mass is 79.9. The topological polar surface area (TPSA) is 12.0 Å². The van der Waals surface area contributed by atoms with Gasteiger partial charge in [-0.05, 0) is 58.7 Å². The number of hydrogen-bond acceptors (Lipinski definition) is 1. The Morgan fingerprint density at radius 3 is 2.79 bits per heavy atom. The van der Waals surface area contributed by atoms with Crippen LogP contribution >= 0.6 is 15.9 Å². The minimum absolute atomic E-state index is 0.161. The molecule has 1 unspecified atom stereocenters. The maximum Gasteiger partial charge on any atom is 0.137 e. The Labute approximate surface area is 124 Å². The summed E-state index contributed by atoms with van der Waals surface area (Å²) in [4.78, 5) is 0. The zero-order chi connectivity index (χ0) is 13.9. The second-order valence-electron chi connectivity index (χ2n) is 6.11. The molecule has 1 aliphatic carbocycles. The quantitative estimate of drug-likeness (QED) is 0.766. The Balaban J connectivity index is 2.07. The smallest absolute Gasteiger partial charge is 0.137 e. The monoisotopic (exact) mass is 327 g/mol. The van der Waals surface area contributed by atoms with Crippen LogP contribution in [0.25, 0.3) is 0 Å². The van der Waals surface area contributed by atoms with Gasteiger partial charge in [-0.15, -0.1) is 0 Å². The molecule has 0 radical (unpaired) electrons. The number of nitrogens with one attached hydrogen (secondary N) is 1. The van der Waals surface area contributed by atoms with Crippen LogP contribution in [0.15, 0.2) is 22.7 Å². The van der Waals surface area contributed by atoms with Gasteiger partial charge in [-0.25, -0.2) is 4.39 Å². The minimum Gasteiger partial charge on any atom is -0.313 e. The highest BCUT2D eigenvalue weighted by molar-refractivity contribution is 9.10. The van der Waals surface area contributed by atoms with Crippen LogP contribution in [0, 0.1) is 11.2 Å². The lowest BCUT2D eigenvalue weighted by atomic mass is 9.79. The predicted molar refractivity (Wildman–Crippen MR) is 81.8 cm³/mol. The molecule has 1 aliphatic rings. The average Bonchev–Trinajstić information content (AvgIpc) is 3.17. The van der Waals surface area contributed by atoms with Crippen LogP contribution in [0.2, 0.25) is 0 Å². The third-order valence-electron chi connectivity index (χ3n) is 3.90. The van der Waals surface area contributed by atoms with Crippen LogP contribution in [0.4, 0.5) is 4.39 Å². The third kappa shape index (κ3) is 4.28. The van der Waals surface area contributed by atoms with Crippen molar-refractivity contribution in [2.24, 2.45) is 5.41 Å². The van der Waals surface area contributed by atoms with Crippen molar-refractivity contribution in [3.8, 4) is 0 Å². The van der Waals surface area contributed by atoms with Gasteiger partial charge >= 0.3 is 0 Å². The molecule has 1 nitrogen and oxygen atoms in total. The van der Waals surface area contributed by atoms with E-state index in [4.69, 9.17) is 0 Å². The van der Waals surface area contributed by atoms with Gasteiger partial charge in [-0.1, -0.05) is 32.4 Å². The maximum atomic E-state index is 13.6. The summed E-state index contributed by atoms with van der Waals surface area (Å²) < 4.78 is 14.2. The van der Waals surface area contributed by atoms with Crippen molar-refractivity contribution >= 4 is 15.9 Å². The van der Waals surface area contributed by atoms with E-state index < -0.39 is 0 Å².